The molecular formula is C18H21FN2O5S. The number of hydrogen-bond acceptors (Lipinski definition) is 5. The molecule has 2 aromatic rings. The number of ether oxygens (including phenoxy) is 1. The summed E-state index contributed by atoms with van der Waals surface area (Å²) in [5.41, 5.74) is -0.304. The Bertz CT molecular complexity index is 942. The van der Waals surface area contributed by atoms with Gasteiger partial charge in [0.05, 0.1) is 6.61 Å². The number of hydrogen-bond donors (Lipinski definition) is 3. The number of fused-ring (bicyclic) bond motifs is 1. The van der Waals surface area contributed by atoms with Crippen molar-refractivity contribution in [1.29, 1.82) is 0 Å². The summed E-state index contributed by atoms with van der Waals surface area (Å²) in [4.78, 5) is 11.4. The first-order valence-electron chi connectivity index (χ1n) is 8.37. The standard InChI is InChI=1S/C18H21FN2O5S/c1-18(2,3)4-5-26-14-8-11-10(6-12(14)22)7-13(23)17(16(11)19)21-9-15(24)20-27(21)25/h6-8,22-23H,4-5,9H2,1-3H3,(H,20,24). The van der Waals surface area contributed by atoms with Gasteiger partial charge in [-0.1, -0.05) is 20.8 Å². The monoisotopic (exact) mass is 396 g/mol. The Morgan fingerprint density at radius 1 is 1.26 bits per heavy atom. The van der Waals surface area contributed by atoms with Crippen LogP contribution in [0.5, 0.6) is 17.2 Å². The first kappa shape index (κ1) is 19.2. The maximum absolute atomic E-state index is 15.1. The topological polar surface area (TPSA) is 99.1 Å². The lowest BCUT2D eigenvalue weighted by atomic mass is 9.93. The van der Waals surface area contributed by atoms with Crippen LogP contribution in [-0.4, -0.2) is 33.5 Å². The molecule has 2 aromatic carbocycles. The zero-order chi connectivity index (χ0) is 19.9. The van der Waals surface area contributed by atoms with Gasteiger partial charge in [-0.3, -0.25) is 13.8 Å². The SMILES string of the molecule is CC(C)(C)CCOc1cc2c(F)c(N3CC(=O)NS3=O)c(O)cc2cc1O. The van der Waals surface area contributed by atoms with Crippen LogP contribution in [0.1, 0.15) is 27.2 Å². The Hall–Kier alpha value is -2.55. The van der Waals surface area contributed by atoms with Crippen LogP contribution in [0, 0.1) is 11.2 Å². The van der Waals surface area contributed by atoms with E-state index in [2.05, 4.69) is 25.5 Å². The minimum atomic E-state index is -1.98. The van der Waals surface area contributed by atoms with Crippen LogP contribution in [0.15, 0.2) is 18.2 Å². The minimum absolute atomic E-state index is 0.0377. The van der Waals surface area contributed by atoms with Gasteiger partial charge < -0.3 is 14.9 Å². The molecule has 0 aliphatic carbocycles. The first-order valence-corrected chi connectivity index (χ1v) is 9.47. The van der Waals surface area contributed by atoms with Crippen molar-refractivity contribution in [3.63, 3.8) is 0 Å². The third-order valence-electron chi connectivity index (χ3n) is 4.16. The Labute approximate surface area is 158 Å². The number of phenols is 2. The molecule has 0 radical (unpaired) electrons. The summed E-state index contributed by atoms with van der Waals surface area (Å²) in [7, 11) is 0. The Morgan fingerprint density at radius 2 is 1.93 bits per heavy atom. The Kier molecular flexibility index (Phi) is 4.90. The maximum Gasteiger partial charge on any atom is 0.253 e. The number of carbonyl (C=O) groups excluding carboxylic acids is 1. The zero-order valence-corrected chi connectivity index (χ0v) is 16.0. The molecule has 1 saturated heterocycles. The largest absolute Gasteiger partial charge is 0.506 e. The molecule has 3 rings (SSSR count). The second-order valence-electron chi connectivity index (χ2n) is 7.57. The molecule has 9 heteroatoms. The van der Waals surface area contributed by atoms with Gasteiger partial charge in [0, 0.05) is 5.39 Å². The third kappa shape index (κ3) is 3.92. The summed E-state index contributed by atoms with van der Waals surface area (Å²) in [6, 6.07) is 3.87. The van der Waals surface area contributed by atoms with E-state index >= 15 is 4.39 Å². The lowest BCUT2D eigenvalue weighted by Crippen LogP contribution is -2.23. The molecule has 1 unspecified atom stereocenters. The van der Waals surface area contributed by atoms with E-state index in [-0.39, 0.29) is 39.9 Å². The number of anilines is 1. The van der Waals surface area contributed by atoms with E-state index in [1.54, 1.807) is 0 Å². The van der Waals surface area contributed by atoms with Crippen molar-refractivity contribution in [1.82, 2.24) is 4.72 Å². The van der Waals surface area contributed by atoms with Crippen molar-refractivity contribution in [2.75, 3.05) is 17.5 Å². The first-order chi connectivity index (χ1) is 12.6. The summed E-state index contributed by atoms with van der Waals surface area (Å²) in [6.45, 7) is 6.16. The van der Waals surface area contributed by atoms with Crippen LogP contribution in [0.4, 0.5) is 10.1 Å². The molecule has 7 nitrogen and oxygen atoms in total. The number of halogens is 1. The Morgan fingerprint density at radius 3 is 2.52 bits per heavy atom. The number of rotatable bonds is 4. The highest BCUT2D eigenvalue weighted by Gasteiger charge is 2.32. The fraction of sp³-hybridized carbons (Fsp3) is 0.389. The van der Waals surface area contributed by atoms with Crippen molar-refractivity contribution in [2.24, 2.45) is 5.41 Å². The molecule has 1 amide bonds. The van der Waals surface area contributed by atoms with Gasteiger partial charge in [-0.05, 0) is 35.4 Å². The van der Waals surface area contributed by atoms with Gasteiger partial charge in [0.25, 0.3) is 5.91 Å². The predicted octanol–water partition coefficient (Wildman–Crippen LogP) is 2.72. The summed E-state index contributed by atoms with van der Waals surface area (Å²) in [5, 5.41) is 20.6. The number of nitrogens with one attached hydrogen (secondary N) is 1. The van der Waals surface area contributed by atoms with E-state index < -0.39 is 28.6 Å². The van der Waals surface area contributed by atoms with Crippen LogP contribution < -0.4 is 13.8 Å². The van der Waals surface area contributed by atoms with E-state index in [4.69, 9.17) is 4.74 Å². The van der Waals surface area contributed by atoms with Crippen molar-refractivity contribution >= 4 is 33.5 Å². The molecule has 1 atom stereocenters. The fourth-order valence-electron chi connectivity index (χ4n) is 2.71. The van der Waals surface area contributed by atoms with Crippen molar-refractivity contribution in [2.45, 2.75) is 27.2 Å². The van der Waals surface area contributed by atoms with Crippen LogP contribution in [0.2, 0.25) is 0 Å². The van der Waals surface area contributed by atoms with Crippen LogP contribution in [0.3, 0.4) is 0 Å². The average Bonchev–Trinajstić information content (AvgIpc) is 2.86. The van der Waals surface area contributed by atoms with Crippen LogP contribution in [-0.2, 0) is 16.0 Å². The molecule has 0 spiro atoms. The second-order valence-corrected chi connectivity index (χ2v) is 8.71. The fourth-order valence-corrected chi connectivity index (χ4v) is 3.65. The number of phenolic OH excluding ortho intramolecular Hbond substituents is 2. The molecule has 3 N–H and O–H groups in total. The highest BCUT2D eigenvalue weighted by atomic mass is 32.2. The molecule has 27 heavy (non-hydrogen) atoms. The smallest absolute Gasteiger partial charge is 0.253 e. The van der Waals surface area contributed by atoms with E-state index in [1.807, 2.05) is 0 Å². The molecule has 0 aromatic heterocycles. The van der Waals surface area contributed by atoms with Gasteiger partial charge in [-0.25, -0.2) is 8.60 Å². The molecule has 1 heterocycles. The number of carbonyl (C=O) groups is 1. The van der Waals surface area contributed by atoms with Gasteiger partial charge in [0.2, 0.25) is 11.2 Å². The van der Waals surface area contributed by atoms with E-state index in [0.29, 0.717) is 6.61 Å². The zero-order valence-electron chi connectivity index (χ0n) is 15.2. The van der Waals surface area contributed by atoms with Crippen molar-refractivity contribution in [3.05, 3.63) is 24.0 Å². The molecule has 146 valence electrons. The lowest BCUT2D eigenvalue weighted by molar-refractivity contribution is -0.117. The number of benzene rings is 2. The van der Waals surface area contributed by atoms with E-state index in [0.717, 1.165) is 10.7 Å². The van der Waals surface area contributed by atoms with Crippen LogP contribution in [0.25, 0.3) is 10.8 Å². The molecular weight excluding hydrogens is 375 g/mol. The second kappa shape index (κ2) is 6.88. The molecule has 0 saturated carbocycles. The Balaban J connectivity index is 2.01. The third-order valence-corrected chi connectivity index (χ3v) is 5.27. The summed E-state index contributed by atoms with van der Waals surface area (Å²) < 4.78 is 35.7. The molecule has 1 aliphatic rings. The maximum atomic E-state index is 15.1. The quantitative estimate of drug-likeness (QED) is 0.738. The van der Waals surface area contributed by atoms with Gasteiger partial charge in [0.1, 0.15) is 18.0 Å². The van der Waals surface area contributed by atoms with E-state index in [9.17, 15) is 19.2 Å². The van der Waals surface area contributed by atoms with E-state index in [1.165, 1.54) is 18.2 Å². The summed E-state index contributed by atoms with van der Waals surface area (Å²) >= 11 is -1.98. The summed E-state index contributed by atoms with van der Waals surface area (Å²) in [6.07, 6.45) is 0.730. The summed E-state index contributed by atoms with van der Waals surface area (Å²) in [5.74, 6) is -1.94. The van der Waals surface area contributed by atoms with Gasteiger partial charge in [-0.2, -0.15) is 0 Å². The molecule has 0 bridgehead atoms. The minimum Gasteiger partial charge on any atom is -0.506 e. The molecule has 1 aliphatic heterocycles. The average molecular weight is 396 g/mol. The van der Waals surface area contributed by atoms with Gasteiger partial charge in [0.15, 0.2) is 17.3 Å². The van der Waals surface area contributed by atoms with Gasteiger partial charge in [-0.15, -0.1) is 0 Å². The van der Waals surface area contributed by atoms with Crippen LogP contribution >= 0.6 is 0 Å². The lowest BCUT2D eigenvalue weighted by Gasteiger charge is -2.20. The molecule has 1 fully saturated rings. The highest BCUT2D eigenvalue weighted by Crippen LogP contribution is 2.41. The van der Waals surface area contributed by atoms with Gasteiger partial charge >= 0.3 is 0 Å². The number of nitrogens with zero attached hydrogens (tertiary/aromatic N) is 1. The number of aromatic hydroxyl groups is 2. The number of amides is 1. The normalized spacial score (nSPS) is 17.4. The predicted molar refractivity (Wildman–Crippen MR) is 100 cm³/mol. The highest BCUT2D eigenvalue weighted by molar-refractivity contribution is 7.85. The van der Waals surface area contributed by atoms with Crippen molar-refractivity contribution in [3.8, 4) is 17.2 Å². The van der Waals surface area contributed by atoms with Crippen molar-refractivity contribution < 1.29 is 28.3 Å².